The lowest BCUT2D eigenvalue weighted by molar-refractivity contribution is -0.384. The van der Waals surface area contributed by atoms with Gasteiger partial charge in [0.05, 0.1) is 36.4 Å². The largest absolute Gasteiger partial charge is 0.494 e. The lowest BCUT2D eigenvalue weighted by Crippen LogP contribution is -2.54. The lowest BCUT2D eigenvalue weighted by Gasteiger charge is -2.36. The van der Waals surface area contributed by atoms with Crippen LogP contribution in [0.1, 0.15) is 13.8 Å². The Bertz CT molecular complexity index is 703. The fourth-order valence-corrected chi connectivity index (χ4v) is 2.81. The molecule has 0 aliphatic carbocycles. The molecule has 1 aromatic rings. The van der Waals surface area contributed by atoms with E-state index >= 15 is 0 Å². The van der Waals surface area contributed by atoms with Crippen LogP contribution in [0.3, 0.4) is 0 Å². The number of carbonyl (C=O) groups is 2. The van der Waals surface area contributed by atoms with E-state index in [9.17, 15) is 19.7 Å². The zero-order chi connectivity index (χ0) is 20.0. The Morgan fingerprint density at radius 2 is 1.96 bits per heavy atom. The van der Waals surface area contributed by atoms with Gasteiger partial charge in [0, 0.05) is 32.2 Å². The fraction of sp³-hybridized carbons (Fsp3) is 0.529. The maximum Gasteiger partial charge on any atom is 0.409 e. The Labute approximate surface area is 157 Å². The first-order valence-electron chi connectivity index (χ1n) is 8.66. The van der Waals surface area contributed by atoms with Gasteiger partial charge in [0.25, 0.3) is 5.69 Å². The Balaban J connectivity index is 1.96. The van der Waals surface area contributed by atoms with Gasteiger partial charge in [-0.05, 0) is 19.9 Å². The molecule has 10 nitrogen and oxygen atoms in total. The third-order valence-electron chi connectivity index (χ3n) is 4.42. The van der Waals surface area contributed by atoms with Crippen molar-refractivity contribution in [2.24, 2.45) is 0 Å². The second kappa shape index (κ2) is 9.17. The SMILES string of the molecule is CCOC(=O)N1CCN([C@@H](C)C(=O)Nc2ccc([N+](=O)[O-])cc2OC)CC1. The third kappa shape index (κ3) is 5.07. The number of ether oxygens (including phenoxy) is 2. The summed E-state index contributed by atoms with van der Waals surface area (Å²) in [5.74, 6) is -0.0383. The first-order chi connectivity index (χ1) is 12.9. The van der Waals surface area contributed by atoms with Gasteiger partial charge in [0.1, 0.15) is 5.75 Å². The van der Waals surface area contributed by atoms with Gasteiger partial charge in [-0.3, -0.25) is 19.8 Å². The smallest absolute Gasteiger partial charge is 0.409 e. The van der Waals surface area contributed by atoms with Gasteiger partial charge in [0.2, 0.25) is 5.91 Å². The number of hydrogen-bond donors (Lipinski definition) is 1. The van der Waals surface area contributed by atoms with Gasteiger partial charge in [-0.15, -0.1) is 0 Å². The normalized spacial score (nSPS) is 15.7. The van der Waals surface area contributed by atoms with Gasteiger partial charge in [-0.2, -0.15) is 0 Å². The monoisotopic (exact) mass is 380 g/mol. The highest BCUT2D eigenvalue weighted by molar-refractivity contribution is 5.96. The number of non-ortho nitro benzene ring substituents is 1. The van der Waals surface area contributed by atoms with E-state index < -0.39 is 11.0 Å². The number of piperazine rings is 1. The highest BCUT2D eigenvalue weighted by atomic mass is 16.6. The molecule has 1 aromatic carbocycles. The minimum absolute atomic E-state index is 0.118. The molecule has 1 N–H and O–H groups in total. The molecule has 2 amide bonds. The quantitative estimate of drug-likeness (QED) is 0.590. The highest BCUT2D eigenvalue weighted by Crippen LogP contribution is 2.29. The van der Waals surface area contributed by atoms with Crippen LogP contribution in [-0.2, 0) is 9.53 Å². The highest BCUT2D eigenvalue weighted by Gasteiger charge is 2.28. The molecule has 10 heteroatoms. The standard InChI is InChI=1S/C17H24N4O6/c1-4-27-17(23)20-9-7-19(8-10-20)12(2)16(22)18-14-6-5-13(21(24)25)11-15(14)26-3/h5-6,11-12H,4,7-10H2,1-3H3,(H,18,22)/t12-/m0/s1. The van der Waals surface area contributed by atoms with E-state index in [2.05, 4.69) is 5.32 Å². The molecule has 0 unspecified atom stereocenters. The Morgan fingerprint density at radius 3 is 2.52 bits per heavy atom. The van der Waals surface area contributed by atoms with Gasteiger partial charge in [-0.1, -0.05) is 0 Å². The van der Waals surface area contributed by atoms with E-state index in [1.165, 1.54) is 25.3 Å². The number of nitrogens with one attached hydrogen (secondary N) is 1. The molecule has 0 spiro atoms. The summed E-state index contributed by atoms with van der Waals surface area (Å²) in [6, 6.07) is 3.58. The molecule has 148 valence electrons. The molecule has 0 saturated carbocycles. The average Bonchev–Trinajstić information content (AvgIpc) is 2.67. The van der Waals surface area contributed by atoms with Gasteiger partial charge in [-0.25, -0.2) is 4.79 Å². The second-order valence-corrected chi connectivity index (χ2v) is 6.03. The average molecular weight is 380 g/mol. The van der Waals surface area contributed by atoms with E-state index in [1.54, 1.807) is 18.7 Å². The van der Waals surface area contributed by atoms with Crippen molar-refractivity contribution in [1.82, 2.24) is 9.80 Å². The van der Waals surface area contributed by atoms with Gasteiger partial charge < -0.3 is 19.7 Å². The Hall–Kier alpha value is -2.88. The molecule has 1 saturated heterocycles. The predicted octanol–water partition coefficient (Wildman–Crippen LogP) is 1.70. The predicted molar refractivity (Wildman–Crippen MR) is 97.9 cm³/mol. The number of amides is 2. The molecule has 0 radical (unpaired) electrons. The minimum Gasteiger partial charge on any atom is -0.494 e. The molecule has 1 heterocycles. The van der Waals surface area contributed by atoms with Crippen molar-refractivity contribution in [3.05, 3.63) is 28.3 Å². The molecule has 0 aromatic heterocycles. The summed E-state index contributed by atoms with van der Waals surface area (Å²) in [4.78, 5) is 38.2. The first-order valence-corrected chi connectivity index (χ1v) is 8.66. The lowest BCUT2D eigenvalue weighted by atomic mass is 10.2. The van der Waals surface area contributed by atoms with E-state index in [-0.39, 0.29) is 23.4 Å². The molecule has 1 aliphatic heterocycles. The van der Waals surface area contributed by atoms with Crippen molar-refractivity contribution in [1.29, 1.82) is 0 Å². The maximum absolute atomic E-state index is 12.6. The maximum atomic E-state index is 12.6. The van der Waals surface area contributed by atoms with E-state index in [0.717, 1.165) is 0 Å². The van der Waals surface area contributed by atoms with Crippen LogP contribution in [0.4, 0.5) is 16.2 Å². The zero-order valence-electron chi connectivity index (χ0n) is 15.6. The number of hydrogen-bond acceptors (Lipinski definition) is 7. The summed E-state index contributed by atoms with van der Waals surface area (Å²) in [5.41, 5.74) is 0.248. The number of nitro benzene ring substituents is 1. The number of rotatable bonds is 6. The van der Waals surface area contributed by atoms with Crippen molar-refractivity contribution in [2.45, 2.75) is 19.9 Å². The van der Waals surface area contributed by atoms with Crippen LogP contribution in [0, 0.1) is 10.1 Å². The molecular weight excluding hydrogens is 356 g/mol. The molecular formula is C17H24N4O6. The summed E-state index contributed by atoms with van der Waals surface area (Å²) in [7, 11) is 1.38. The topological polar surface area (TPSA) is 114 Å². The molecule has 1 aliphatic rings. The zero-order valence-corrected chi connectivity index (χ0v) is 15.6. The molecule has 2 rings (SSSR count). The Morgan fingerprint density at radius 1 is 1.30 bits per heavy atom. The van der Waals surface area contributed by atoms with Crippen molar-refractivity contribution in [3.8, 4) is 5.75 Å². The number of benzene rings is 1. The van der Waals surface area contributed by atoms with Crippen LogP contribution < -0.4 is 10.1 Å². The van der Waals surface area contributed by atoms with Crippen molar-refractivity contribution >= 4 is 23.4 Å². The fourth-order valence-electron chi connectivity index (χ4n) is 2.81. The van der Waals surface area contributed by atoms with E-state index in [4.69, 9.17) is 9.47 Å². The molecule has 1 fully saturated rings. The number of methoxy groups -OCH3 is 1. The Kier molecular flexibility index (Phi) is 6.94. The summed E-state index contributed by atoms with van der Waals surface area (Å²) in [5, 5.41) is 13.6. The molecule has 27 heavy (non-hydrogen) atoms. The number of carbonyl (C=O) groups excluding carboxylic acids is 2. The van der Waals surface area contributed by atoms with Crippen molar-refractivity contribution in [3.63, 3.8) is 0 Å². The summed E-state index contributed by atoms with van der Waals surface area (Å²) in [6.45, 7) is 5.92. The van der Waals surface area contributed by atoms with Crippen molar-refractivity contribution in [2.75, 3.05) is 45.2 Å². The van der Waals surface area contributed by atoms with Crippen LogP contribution in [-0.4, -0.2) is 72.7 Å². The van der Waals surface area contributed by atoms with Crippen LogP contribution in [0.25, 0.3) is 0 Å². The molecule has 0 bridgehead atoms. The first kappa shape index (κ1) is 20.4. The minimum atomic E-state index is -0.528. The third-order valence-corrected chi connectivity index (χ3v) is 4.42. The van der Waals surface area contributed by atoms with Crippen molar-refractivity contribution < 1.29 is 24.0 Å². The van der Waals surface area contributed by atoms with Crippen LogP contribution in [0.15, 0.2) is 18.2 Å². The van der Waals surface area contributed by atoms with Crippen LogP contribution in [0.2, 0.25) is 0 Å². The summed E-state index contributed by atoms with van der Waals surface area (Å²) in [6.07, 6.45) is -0.343. The number of nitrogens with zero attached hydrogens (tertiary/aromatic N) is 3. The van der Waals surface area contributed by atoms with E-state index in [1.807, 2.05) is 4.90 Å². The summed E-state index contributed by atoms with van der Waals surface area (Å²) >= 11 is 0. The van der Waals surface area contributed by atoms with Gasteiger partial charge >= 0.3 is 6.09 Å². The summed E-state index contributed by atoms with van der Waals surface area (Å²) < 4.78 is 10.1. The van der Waals surface area contributed by atoms with E-state index in [0.29, 0.717) is 38.5 Å². The molecule has 1 atom stereocenters. The van der Waals surface area contributed by atoms with Gasteiger partial charge in [0.15, 0.2) is 0 Å². The number of nitro groups is 1. The second-order valence-electron chi connectivity index (χ2n) is 6.03. The van der Waals surface area contributed by atoms with Crippen LogP contribution >= 0.6 is 0 Å². The van der Waals surface area contributed by atoms with Crippen LogP contribution in [0.5, 0.6) is 5.75 Å². The number of anilines is 1.